The number of β-amino-alcohol motifs (C(OH)–C–C–N with tert-alkyl or cyclic N) is 1. The number of aromatic hydroxyl groups is 1. The van der Waals surface area contributed by atoms with Gasteiger partial charge >= 0.3 is 6.01 Å². The second-order valence-corrected chi connectivity index (χ2v) is 14.4. The number of nitrogens with zero attached hydrogens (tertiary/aromatic N) is 5. The Labute approximate surface area is 293 Å². The van der Waals surface area contributed by atoms with Gasteiger partial charge in [0.05, 0.1) is 52.4 Å². The van der Waals surface area contributed by atoms with Crippen LogP contribution < -0.4 is 14.4 Å². The van der Waals surface area contributed by atoms with Gasteiger partial charge in [-0.1, -0.05) is 18.6 Å². The lowest BCUT2D eigenvalue weighted by Crippen LogP contribution is -2.54. The molecule has 4 fully saturated rings. The Morgan fingerprint density at radius 3 is 2.67 bits per heavy atom. The zero-order valence-electron chi connectivity index (χ0n) is 28.6. The molecule has 1 aliphatic carbocycles. The summed E-state index contributed by atoms with van der Waals surface area (Å²) in [5.41, 5.74) is -0.547. The van der Waals surface area contributed by atoms with Crippen molar-refractivity contribution in [1.29, 1.82) is 0 Å². The van der Waals surface area contributed by atoms with Gasteiger partial charge in [0, 0.05) is 48.0 Å². The highest BCUT2D eigenvalue weighted by Crippen LogP contribution is 2.49. The monoisotopic (exact) mass is 707 g/mol. The minimum absolute atomic E-state index is 0.00841. The number of ether oxygens (including phenoxy) is 4. The van der Waals surface area contributed by atoms with Crippen molar-refractivity contribution in [2.75, 3.05) is 71.2 Å². The normalized spacial score (nSPS) is 25.9. The van der Waals surface area contributed by atoms with Gasteiger partial charge in [0.2, 0.25) is 5.88 Å². The molecule has 272 valence electrons. The van der Waals surface area contributed by atoms with Gasteiger partial charge < -0.3 is 39.2 Å². The SMILES string of the molecule is COc1nc(-c2cc(O)cc3cccc(F)c23)c(F)c2nc(OCC34CCCC3N(CC3COC3)CCC4)nc(N3CC(O)CO[C@@H](CO)C3)c12. The summed E-state index contributed by atoms with van der Waals surface area (Å²) in [5.74, 6) is -1.00. The van der Waals surface area contributed by atoms with E-state index in [0.717, 1.165) is 58.4 Å². The lowest BCUT2D eigenvalue weighted by Gasteiger charge is -2.48. The second-order valence-electron chi connectivity index (χ2n) is 14.4. The third kappa shape index (κ3) is 6.30. The maximum Gasteiger partial charge on any atom is 0.319 e. The number of likely N-dealkylation sites (tertiary alicyclic amines) is 1. The predicted octanol–water partition coefficient (Wildman–Crippen LogP) is 4.06. The molecule has 3 N–H and O–H groups in total. The quantitative estimate of drug-likeness (QED) is 0.231. The maximum absolute atomic E-state index is 17.1. The Morgan fingerprint density at radius 1 is 1.04 bits per heavy atom. The molecule has 2 aromatic heterocycles. The number of benzene rings is 2. The number of aliphatic hydroxyl groups is 2. The summed E-state index contributed by atoms with van der Waals surface area (Å²) in [6.45, 7) is 3.83. The van der Waals surface area contributed by atoms with E-state index in [1.54, 1.807) is 11.0 Å². The standard InChI is InChI=1S/C37H43F2N5O7/c1-48-35-30-33(31(39)32(40-35)26-12-23(46)11-22-5-2-6-27(38)29(22)26)41-36(42-34(30)44-14-24(47)19-50-25(15-44)16-45)51-20-37-8-3-7-28(37)43(10-4-9-37)13-21-17-49-18-21/h2,5-6,11-12,21,24-25,28,45-47H,3-4,7-10,13-20H2,1H3/t24?,25-,28?,37?/m1/s1. The van der Waals surface area contributed by atoms with Gasteiger partial charge in [-0.05, 0) is 55.8 Å². The Balaban J connectivity index is 1.25. The first kappa shape index (κ1) is 34.2. The van der Waals surface area contributed by atoms with Crippen molar-refractivity contribution in [3.8, 4) is 28.9 Å². The fraction of sp³-hybridized carbons (Fsp3) is 0.541. The summed E-state index contributed by atoms with van der Waals surface area (Å²) in [7, 11) is 1.37. The highest BCUT2D eigenvalue weighted by molar-refractivity contribution is 6.02. The molecule has 0 bridgehead atoms. The number of anilines is 1. The molecule has 5 heterocycles. The molecule has 8 rings (SSSR count). The number of fused-ring (bicyclic) bond motifs is 3. The molecule has 3 saturated heterocycles. The molecule has 12 nitrogen and oxygen atoms in total. The summed E-state index contributed by atoms with van der Waals surface area (Å²) >= 11 is 0. The van der Waals surface area contributed by atoms with Crippen LogP contribution in [0.5, 0.6) is 17.6 Å². The van der Waals surface area contributed by atoms with Crippen molar-refractivity contribution in [3.63, 3.8) is 0 Å². The fourth-order valence-corrected chi connectivity index (χ4v) is 8.65. The molecule has 4 aliphatic rings. The van der Waals surface area contributed by atoms with E-state index in [9.17, 15) is 15.3 Å². The number of rotatable bonds is 9. The smallest absolute Gasteiger partial charge is 0.319 e. The van der Waals surface area contributed by atoms with Crippen molar-refractivity contribution in [2.24, 2.45) is 11.3 Å². The molecule has 4 aromatic rings. The first-order valence-corrected chi connectivity index (χ1v) is 17.7. The average Bonchev–Trinajstić information content (AvgIpc) is 3.45. The van der Waals surface area contributed by atoms with Crippen molar-refractivity contribution >= 4 is 27.5 Å². The predicted molar refractivity (Wildman–Crippen MR) is 184 cm³/mol. The highest BCUT2D eigenvalue weighted by atomic mass is 19.1. The van der Waals surface area contributed by atoms with Crippen molar-refractivity contribution in [3.05, 3.63) is 42.0 Å². The van der Waals surface area contributed by atoms with Gasteiger partial charge in [-0.25, -0.2) is 13.8 Å². The molecule has 4 atom stereocenters. The topological polar surface area (TPSA) is 143 Å². The van der Waals surface area contributed by atoms with Gasteiger partial charge in [-0.15, -0.1) is 0 Å². The summed E-state index contributed by atoms with van der Waals surface area (Å²) in [4.78, 5) is 18.2. The number of pyridine rings is 1. The third-order valence-corrected chi connectivity index (χ3v) is 11.1. The van der Waals surface area contributed by atoms with Gasteiger partial charge in [0.1, 0.15) is 34.0 Å². The summed E-state index contributed by atoms with van der Waals surface area (Å²) in [6.07, 6.45) is 3.59. The van der Waals surface area contributed by atoms with Crippen LogP contribution in [0.25, 0.3) is 32.9 Å². The lowest BCUT2D eigenvalue weighted by atomic mass is 9.75. The zero-order valence-corrected chi connectivity index (χ0v) is 28.6. The minimum atomic E-state index is -0.937. The van der Waals surface area contributed by atoms with Crippen molar-refractivity contribution < 1.29 is 43.0 Å². The lowest BCUT2D eigenvalue weighted by molar-refractivity contribution is -0.0731. The molecule has 1 saturated carbocycles. The Hall–Kier alpha value is -3.95. The molecule has 0 spiro atoms. The summed E-state index contributed by atoms with van der Waals surface area (Å²) in [6, 6.07) is 7.34. The van der Waals surface area contributed by atoms with E-state index in [0.29, 0.717) is 24.0 Å². The van der Waals surface area contributed by atoms with Crippen LogP contribution in [0.3, 0.4) is 0 Å². The zero-order chi connectivity index (χ0) is 35.3. The Morgan fingerprint density at radius 2 is 1.88 bits per heavy atom. The first-order valence-electron chi connectivity index (χ1n) is 17.7. The Kier molecular flexibility index (Phi) is 9.30. The van der Waals surface area contributed by atoms with Gasteiger partial charge in [-0.3, -0.25) is 4.90 Å². The van der Waals surface area contributed by atoms with Gasteiger partial charge in [0.25, 0.3) is 0 Å². The molecule has 14 heteroatoms. The number of phenolic OH excluding ortho intramolecular Hbond substituents is 1. The number of hydrogen-bond donors (Lipinski definition) is 3. The molecular weight excluding hydrogens is 664 g/mol. The molecule has 0 amide bonds. The van der Waals surface area contributed by atoms with Crippen LogP contribution in [0.4, 0.5) is 14.6 Å². The Bertz CT molecular complexity index is 1930. The molecular formula is C37H43F2N5O7. The third-order valence-electron chi connectivity index (χ3n) is 11.1. The van der Waals surface area contributed by atoms with Crippen LogP contribution in [-0.4, -0.2) is 120 Å². The number of piperidine rings is 1. The van der Waals surface area contributed by atoms with E-state index in [1.165, 1.54) is 31.4 Å². The van der Waals surface area contributed by atoms with Crippen LogP contribution in [0.2, 0.25) is 0 Å². The number of methoxy groups -OCH3 is 1. The van der Waals surface area contributed by atoms with E-state index in [1.807, 2.05) is 0 Å². The maximum atomic E-state index is 17.1. The number of aliphatic hydroxyl groups excluding tert-OH is 2. The van der Waals surface area contributed by atoms with E-state index in [2.05, 4.69) is 14.9 Å². The second kappa shape index (κ2) is 13.9. The summed E-state index contributed by atoms with van der Waals surface area (Å²) in [5, 5.41) is 31.9. The number of aromatic nitrogens is 3. The van der Waals surface area contributed by atoms with E-state index >= 15 is 8.78 Å². The van der Waals surface area contributed by atoms with Gasteiger partial charge in [0.15, 0.2) is 5.82 Å². The fourth-order valence-electron chi connectivity index (χ4n) is 8.65. The molecule has 51 heavy (non-hydrogen) atoms. The largest absolute Gasteiger partial charge is 0.508 e. The molecule has 0 radical (unpaired) electrons. The van der Waals surface area contributed by atoms with E-state index in [-0.39, 0.29) is 82.7 Å². The highest BCUT2D eigenvalue weighted by Gasteiger charge is 2.49. The molecule has 3 aliphatic heterocycles. The first-order chi connectivity index (χ1) is 24.8. The number of hydrogen-bond acceptors (Lipinski definition) is 12. The average molecular weight is 708 g/mol. The van der Waals surface area contributed by atoms with Crippen LogP contribution in [0.1, 0.15) is 32.1 Å². The van der Waals surface area contributed by atoms with Crippen LogP contribution in [-0.2, 0) is 9.47 Å². The van der Waals surface area contributed by atoms with Crippen molar-refractivity contribution in [1.82, 2.24) is 19.9 Å². The summed E-state index contributed by atoms with van der Waals surface area (Å²) < 4.78 is 55.8. The van der Waals surface area contributed by atoms with Gasteiger partial charge in [-0.2, -0.15) is 9.97 Å². The molecule has 3 unspecified atom stereocenters. The van der Waals surface area contributed by atoms with Crippen LogP contribution in [0, 0.1) is 23.0 Å². The number of phenols is 1. The minimum Gasteiger partial charge on any atom is -0.508 e. The molecule has 2 aromatic carbocycles. The van der Waals surface area contributed by atoms with E-state index < -0.39 is 23.8 Å². The van der Waals surface area contributed by atoms with Crippen LogP contribution in [0.15, 0.2) is 30.3 Å². The van der Waals surface area contributed by atoms with E-state index in [4.69, 9.17) is 23.9 Å². The van der Waals surface area contributed by atoms with Crippen molar-refractivity contribution in [2.45, 2.75) is 50.4 Å². The van der Waals surface area contributed by atoms with Crippen LogP contribution >= 0.6 is 0 Å². The number of halogens is 2.